The van der Waals surface area contributed by atoms with Crippen molar-refractivity contribution in [2.75, 3.05) is 25.5 Å². The molecule has 0 unspecified atom stereocenters. The predicted molar refractivity (Wildman–Crippen MR) is 110 cm³/mol. The average Bonchev–Trinajstić information content (AvgIpc) is 2.70. The monoisotopic (exact) mass is 396 g/mol. The number of anilines is 2. The molecule has 1 amide bonds. The Morgan fingerprint density at radius 1 is 1.28 bits per heavy atom. The number of likely N-dealkylation sites (N-methyl/N-ethyl adjacent to an activating group) is 1. The van der Waals surface area contributed by atoms with Crippen LogP contribution in [0, 0.1) is 6.92 Å². The Hall–Kier alpha value is -3.39. The number of carbonyl (C=O) groups excluding carboxylic acids is 1. The number of fused-ring (bicyclic) bond motifs is 1. The molecule has 0 aliphatic carbocycles. The molecule has 0 saturated heterocycles. The zero-order valence-corrected chi connectivity index (χ0v) is 16.6. The Morgan fingerprint density at radius 2 is 2.07 bits per heavy atom. The molecule has 3 rings (SSSR count). The van der Waals surface area contributed by atoms with Crippen molar-refractivity contribution in [3.05, 3.63) is 48.3 Å². The normalized spacial score (nSPS) is 11.9. The molecule has 152 valence electrons. The second-order valence-electron chi connectivity index (χ2n) is 6.86. The number of carbonyl (C=O) groups is 1. The molecular weight excluding hydrogens is 372 g/mol. The van der Waals surface area contributed by atoms with Gasteiger partial charge in [0.05, 0.1) is 17.4 Å². The van der Waals surface area contributed by atoms with E-state index in [-0.39, 0.29) is 17.8 Å². The highest BCUT2D eigenvalue weighted by atomic mass is 16.5. The number of aliphatic hydroxyl groups is 1. The molecule has 1 atom stereocenters. The first kappa shape index (κ1) is 20.3. The molecule has 8 nitrogen and oxygen atoms in total. The molecule has 0 radical (unpaired) electrons. The maximum atomic E-state index is 11.6. The molecule has 2 aromatic carbocycles. The van der Waals surface area contributed by atoms with Crippen LogP contribution < -0.4 is 10.1 Å². The van der Waals surface area contributed by atoms with E-state index < -0.39 is 6.61 Å². The van der Waals surface area contributed by atoms with Crippen LogP contribution in [0.1, 0.15) is 12.5 Å². The summed E-state index contributed by atoms with van der Waals surface area (Å²) in [5, 5.41) is 22.7. The fourth-order valence-electron chi connectivity index (χ4n) is 3.00. The topological polar surface area (TPSA) is 108 Å². The number of aromatic hydroxyl groups is 1. The van der Waals surface area contributed by atoms with Gasteiger partial charge in [-0.25, -0.2) is 9.97 Å². The highest BCUT2D eigenvalue weighted by Crippen LogP contribution is 2.32. The first-order valence-electron chi connectivity index (χ1n) is 9.21. The summed E-state index contributed by atoms with van der Waals surface area (Å²) in [5.41, 5.74) is 2.23. The van der Waals surface area contributed by atoms with Crippen molar-refractivity contribution in [3.8, 4) is 11.5 Å². The lowest BCUT2D eigenvalue weighted by molar-refractivity contribution is -0.133. The number of benzene rings is 2. The van der Waals surface area contributed by atoms with E-state index in [0.717, 1.165) is 11.3 Å². The molecule has 8 heteroatoms. The van der Waals surface area contributed by atoms with Gasteiger partial charge in [-0.1, -0.05) is 6.07 Å². The lowest BCUT2D eigenvalue weighted by atomic mass is 10.1. The first-order valence-corrected chi connectivity index (χ1v) is 9.21. The van der Waals surface area contributed by atoms with Crippen molar-refractivity contribution in [1.82, 2.24) is 14.9 Å². The van der Waals surface area contributed by atoms with Gasteiger partial charge in [-0.05, 0) is 49.7 Å². The van der Waals surface area contributed by atoms with Gasteiger partial charge in [-0.15, -0.1) is 0 Å². The SMILES string of the molecule is Cc1cc(Nc2ncnc3cccc(O[C@H](C)CN(C)C(=O)CO)c23)ccc1O. The number of hydrogen-bond acceptors (Lipinski definition) is 7. The second kappa shape index (κ2) is 8.74. The summed E-state index contributed by atoms with van der Waals surface area (Å²) in [5.74, 6) is 1.01. The number of hydrogen-bond donors (Lipinski definition) is 3. The van der Waals surface area contributed by atoms with Gasteiger partial charge < -0.3 is 25.2 Å². The third-order valence-electron chi connectivity index (χ3n) is 4.50. The number of nitrogens with zero attached hydrogens (tertiary/aromatic N) is 3. The van der Waals surface area contributed by atoms with Crippen LogP contribution >= 0.6 is 0 Å². The number of amides is 1. The first-order chi connectivity index (χ1) is 13.9. The van der Waals surface area contributed by atoms with Gasteiger partial charge in [-0.2, -0.15) is 0 Å². The number of aromatic nitrogens is 2. The van der Waals surface area contributed by atoms with Crippen LogP contribution in [-0.2, 0) is 4.79 Å². The summed E-state index contributed by atoms with van der Waals surface area (Å²) in [6, 6.07) is 10.7. The van der Waals surface area contributed by atoms with E-state index in [9.17, 15) is 9.90 Å². The van der Waals surface area contributed by atoms with Gasteiger partial charge >= 0.3 is 0 Å². The number of aliphatic hydroxyl groups excluding tert-OH is 1. The summed E-state index contributed by atoms with van der Waals surface area (Å²) >= 11 is 0. The molecule has 3 aromatic rings. The van der Waals surface area contributed by atoms with Crippen LogP contribution in [0.3, 0.4) is 0 Å². The summed E-state index contributed by atoms with van der Waals surface area (Å²) in [6.07, 6.45) is 1.16. The second-order valence-corrected chi connectivity index (χ2v) is 6.86. The number of phenols is 1. The van der Waals surface area contributed by atoms with Crippen molar-refractivity contribution in [1.29, 1.82) is 0 Å². The molecular formula is C21H24N4O4. The van der Waals surface area contributed by atoms with E-state index in [1.54, 1.807) is 19.2 Å². The summed E-state index contributed by atoms with van der Waals surface area (Å²) in [4.78, 5) is 21.7. The number of rotatable bonds is 7. The molecule has 0 spiro atoms. The number of aryl methyl sites for hydroxylation is 1. The molecule has 0 aliphatic rings. The molecule has 0 fully saturated rings. The van der Waals surface area contributed by atoms with Crippen LogP contribution in [0.25, 0.3) is 10.9 Å². The lowest BCUT2D eigenvalue weighted by Crippen LogP contribution is -2.37. The third kappa shape index (κ3) is 4.72. The zero-order chi connectivity index (χ0) is 21.0. The molecule has 0 bridgehead atoms. The summed E-state index contributed by atoms with van der Waals surface area (Å²) in [7, 11) is 1.62. The van der Waals surface area contributed by atoms with Crippen molar-refractivity contribution < 1.29 is 19.7 Å². The lowest BCUT2D eigenvalue weighted by Gasteiger charge is -2.23. The quantitative estimate of drug-likeness (QED) is 0.527. The van der Waals surface area contributed by atoms with E-state index in [1.807, 2.05) is 38.1 Å². The van der Waals surface area contributed by atoms with E-state index in [4.69, 9.17) is 9.84 Å². The molecule has 0 aliphatic heterocycles. The van der Waals surface area contributed by atoms with Crippen molar-refractivity contribution in [2.24, 2.45) is 0 Å². The van der Waals surface area contributed by atoms with Gasteiger partial charge in [0.1, 0.15) is 36.4 Å². The van der Waals surface area contributed by atoms with E-state index in [2.05, 4.69) is 15.3 Å². The maximum absolute atomic E-state index is 11.6. The van der Waals surface area contributed by atoms with Gasteiger partial charge in [0.15, 0.2) is 0 Å². The summed E-state index contributed by atoms with van der Waals surface area (Å²) in [6.45, 7) is 3.45. The number of phenolic OH excluding ortho intramolecular Hbond substituents is 1. The fourth-order valence-corrected chi connectivity index (χ4v) is 3.00. The van der Waals surface area contributed by atoms with Gasteiger partial charge in [-0.3, -0.25) is 4.79 Å². The number of ether oxygens (including phenoxy) is 1. The van der Waals surface area contributed by atoms with E-state index in [1.165, 1.54) is 11.2 Å². The highest BCUT2D eigenvalue weighted by Gasteiger charge is 2.16. The Kier molecular flexibility index (Phi) is 6.13. The molecule has 29 heavy (non-hydrogen) atoms. The standard InChI is InChI=1S/C21H24N4O4/c1-13-9-15(7-8-17(13)27)24-21-20-16(22-12-23-21)5-4-6-18(20)29-14(2)10-25(3)19(28)11-26/h4-9,12,14,26-27H,10-11H2,1-3H3,(H,22,23,24)/t14-/m1/s1. The van der Waals surface area contributed by atoms with E-state index in [0.29, 0.717) is 29.0 Å². The van der Waals surface area contributed by atoms with Gasteiger partial charge in [0, 0.05) is 12.7 Å². The van der Waals surface area contributed by atoms with E-state index >= 15 is 0 Å². The highest BCUT2D eigenvalue weighted by molar-refractivity contribution is 5.95. The van der Waals surface area contributed by atoms with Crippen molar-refractivity contribution >= 4 is 28.3 Å². The number of nitrogens with one attached hydrogen (secondary N) is 1. The average molecular weight is 396 g/mol. The third-order valence-corrected chi connectivity index (χ3v) is 4.50. The Balaban J connectivity index is 1.90. The van der Waals surface area contributed by atoms with Crippen LogP contribution in [0.4, 0.5) is 11.5 Å². The van der Waals surface area contributed by atoms with Crippen molar-refractivity contribution in [2.45, 2.75) is 20.0 Å². The largest absolute Gasteiger partial charge is 0.508 e. The predicted octanol–water partition coefficient (Wildman–Crippen LogP) is 2.61. The van der Waals surface area contributed by atoms with Gasteiger partial charge in [0.25, 0.3) is 0 Å². The van der Waals surface area contributed by atoms with Crippen LogP contribution in [0.5, 0.6) is 11.5 Å². The van der Waals surface area contributed by atoms with Gasteiger partial charge in [0.2, 0.25) is 5.91 Å². The molecule has 0 saturated carbocycles. The van der Waals surface area contributed by atoms with Crippen LogP contribution in [-0.4, -0.2) is 57.3 Å². The molecule has 3 N–H and O–H groups in total. The minimum Gasteiger partial charge on any atom is -0.508 e. The Labute approximate surface area is 168 Å². The Bertz CT molecular complexity index is 1020. The zero-order valence-electron chi connectivity index (χ0n) is 16.6. The summed E-state index contributed by atoms with van der Waals surface area (Å²) < 4.78 is 6.08. The smallest absolute Gasteiger partial charge is 0.248 e. The fraction of sp³-hybridized carbons (Fsp3) is 0.286. The minimum absolute atomic E-state index is 0.225. The Morgan fingerprint density at radius 3 is 2.79 bits per heavy atom. The maximum Gasteiger partial charge on any atom is 0.248 e. The van der Waals surface area contributed by atoms with Crippen LogP contribution in [0.15, 0.2) is 42.7 Å². The molecule has 1 heterocycles. The van der Waals surface area contributed by atoms with Crippen molar-refractivity contribution in [3.63, 3.8) is 0 Å². The molecule has 1 aromatic heterocycles. The minimum atomic E-state index is -0.536. The van der Waals surface area contributed by atoms with Crippen LogP contribution in [0.2, 0.25) is 0 Å².